The lowest BCUT2D eigenvalue weighted by molar-refractivity contribution is -0.129. The average Bonchev–Trinajstić information content (AvgIpc) is 3.24. The zero-order valence-electron chi connectivity index (χ0n) is 13.4. The Kier molecular flexibility index (Phi) is 3.88. The Labute approximate surface area is 140 Å². The van der Waals surface area contributed by atoms with E-state index in [2.05, 4.69) is 15.3 Å². The molecule has 2 aliphatic rings. The molecule has 124 valence electrons. The van der Waals surface area contributed by atoms with Gasteiger partial charge in [0.2, 0.25) is 11.8 Å². The van der Waals surface area contributed by atoms with E-state index in [0.717, 1.165) is 23.9 Å². The van der Waals surface area contributed by atoms with Crippen molar-refractivity contribution in [1.29, 1.82) is 0 Å². The van der Waals surface area contributed by atoms with Crippen molar-refractivity contribution < 1.29 is 9.59 Å². The molecule has 4 rings (SSSR count). The maximum Gasteiger partial charge on any atom is 0.229 e. The van der Waals surface area contributed by atoms with Crippen LogP contribution in [0, 0.1) is 5.92 Å². The van der Waals surface area contributed by atoms with Crippen LogP contribution in [0.4, 0.5) is 5.69 Å². The molecule has 1 aromatic heterocycles. The third-order valence-corrected chi connectivity index (χ3v) is 5.03. The van der Waals surface area contributed by atoms with Crippen LogP contribution in [0.25, 0.3) is 11.0 Å². The van der Waals surface area contributed by atoms with Crippen molar-refractivity contribution in [3.8, 4) is 0 Å². The number of aromatic nitrogens is 2. The molecule has 2 heterocycles. The number of fused-ring (bicyclic) bond motifs is 1. The van der Waals surface area contributed by atoms with Gasteiger partial charge in [0.05, 0.1) is 17.0 Å². The predicted octanol–water partition coefficient (Wildman–Crippen LogP) is 2.36. The number of benzene rings is 1. The maximum atomic E-state index is 12.5. The van der Waals surface area contributed by atoms with Crippen LogP contribution in [-0.2, 0) is 9.59 Å². The van der Waals surface area contributed by atoms with Gasteiger partial charge in [-0.3, -0.25) is 19.6 Å². The van der Waals surface area contributed by atoms with Crippen LogP contribution >= 0.6 is 0 Å². The molecule has 2 fully saturated rings. The number of amides is 2. The fraction of sp³-hybridized carbons (Fsp3) is 0.444. The molecule has 2 aromatic rings. The molecule has 1 N–H and O–H groups in total. The monoisotopic (exact) mass is 324 g/mol. The van der Waals surface area contributed by atoms with Gasteiger partial charge in [0.25, 0.3) is 0 Å². The summed E-state index contributed by atoms with van der Waals surface area (Å²) in [7, 11) is 0. The minimum absolute atomic E-state index is 0.0907. The van der Waals surface area contributed by atoms with E-state index >= 15 is 0 Å². The summed E-state index contributed by atoms with van der Waals surface area (Å²) in [6.45, 7) is 0.544. The van der Waals surface area contributed by atoms with Gasteiger partial charge >= 0.3 is 0 Å². The van der Waals surface area contributed by atoms with E-state index in [1.165, 1.54) is 12.8 Å². The van der Waals surface area contributed by atoms with Gasteiger partial charge in [0, 0.05) is 37.1 Å². The van der Waals surface area contributed by atoms with Crippen LogP contribution in [0.5, 0.6) is 0 Å². The number of hydrogen-bond acceptors (Lipinski definition) is 4. The number of likely N-dealkylation sites (tertiary alicyclic amines) is 1. The van der Waals surface area contributed by atoms with E-state index in [4.69, 9.17) is 0 Å². The summed E-state index contributed by atoms with van der Waals surface area (Å²) in [4.78, 5) is 35.1. The van der Waals surface area contributed by atoms with E-state index in [1.807, 2.05) is 23.1 Å². The zero-order chi connectivity index (χ0) is 16.5. The van der Waals surface area contributed by atoms with E-state index in [9.17, 15) is 9.59 Å². The molecule has 2 amide bonds. The van der Waals surface area contributed by atoms with Gasteiger partial charge in [-0.05, 0) is 31.0 Å². The molecule has 1 atom stereocenters. The smallest absolute Gasteiger partial charge is 0.229 e. The van der Waals surface area contributed by atoms with Crippen molar-refractivity contribution in [2.24, 2.45) is 5.92 Å². The predicted molar refractivity (Wildman–Crippen MR) is 90.2 cm³/mol. The van der Waals surface area contributed by atoms with E-state index < -0.39 is 0 Å². The fourth-order valence-electron chi connectivity index (χ4n) is 3.76. The number of carbonyl (C=O) groups is 2. The van der Waals surface area contributed by atoms with E-state index in [1.54, 1.807) is 12.4 Å². The standard InChI is InChI=1S/C18H20N4O2/c23-17-9-12(11-22(17)14-3-1-2-4-14)18(24)21-13-5-6-15-16(10-13)20-8-7-19-15/h5-8,10,12,14H,1-4,9,11H2,(H,21,24). The van der Waals surface area contributed by atoms with Crippen molar-refractivity contribution in [2.75, 3.05) is 11.9 Å². The summed E-state index contributed by atoms with van der Waals surface area (Å²) < 4.78 is 0. The fourth-order valence-corrected chi connectivity index (χ4v) is 3.76. The molecule has 24 heavy (non-hydrogen) atoms. The SMILES string of the molecule is O=C(Nc1ccc2nccnc2c1)C1CC(=O)N(C2CCCC2)C1. The van der Waals surface area contributed by atoms with E-state index in [-0.39, 0.29) is 17.7 Å². The molecule has 6 nitrogen and oxygen atoms in total. The third kappa shape index (κ3) is 2.84. The molecule has 1 aliphatic carbocycles. The first kappa shape index (κ1) is 15.1. The number of carbonyl (C=O) groups excluding carboxylic acids is 2. The Hall–Kier alpha value is -2.50. The highest BCUT2D eigenvalue weighted by Gasteiger charge is 2.38. The Morgan fingerprint density at radius 1 is 1.12 bits per heavy atom. The lowest BCUT2D eigenvalue weighted by atomic mass is 10.1. The molecule has 1 aromatic carbocycles. The lowest BCUT2D eigenvalue weighted by Crippen LogP contribution is -2.35. The van der Waals surface area contributed by atoms with Gasteiger partial charge in [-0.1, -0.05) is 12.8 Å². The van der Waals surface area contributed by atoms with E-state index in [0.29, 0.717) is 24.7 Å². The van der Waals surface area contributed by atoms with Crippen LogP contribution in [0.15, 0.2) is 30.6 Å². The highest BCUT2D eigenvalue weighted by Crippen LogP contribution is 2.30. The Bertz CT molecular complexity index is 785. The van der Waals surface area contributed by atoms with Gasteiger partial charge in [-0.25, -0.2) is 0 Å². The van der Waals surface area contributed by atoms with Crippen LogP contribution < -0.4 is 5.32 Å². The molecule has 1 saturated carbocycles. The number of nitrogens with one attached hydrogen (secondary N) is 1. The quantitative estimate of drug-likeness (QED) is 0.940. The van der Waals surface area contributed by atoms with Crippen molar-refractivity contribution >= 4 is 28.5 Å². The second kappa shape index (κ2) is 6.19. The van der Waals surface area contributed by atoms with Gasteiger partial charge in [-0.15, -0.1) is 0 Å². The van der Waals surface area contributed by atoms with Crippen LogP contribution in [0.1, 0.15) is 32.1 Å². The van der Waals surface area contributed by atoms with Gasteiger partial charge in [-0.2, -0.15) is 0 Å². The number of nitrogens with zero attached hydrogens (tertiary/aromatic N) is 3. The number of hydrogen-bond donors (Lipinski definition) is 1. The number of rotatable bonds is 3. The van der Waals surface area contributed by atoms with Crippen molar-refractivity contribution in [2.45, 2.75) is 38.1 Å². The molecular formula is C18H20N4O2. The molecule has 1 unspecified atom stereocenters. The van der Waals surface area contributed by atoms with Crippen molar-refractivity contribution in [3.63, 3.8) is 0 Å². The topological polar surface area (TPSA) is 75.2 Å². The highest BCUT2D eigenvalue weighted by molar-refractivity contribution is 5.98. The summed E-state index contributed by atoms with van der Waals surface area (Å²) in [5.74, 6) is -0.242. The molecule has 0 spiro atoms. The summed E-state index contributed by atoms with van der Waals surface area (Å²) in [5, 5.41) is 2.92. The molecule has 1 saturated heterocycles. The van der Waals surface area contributed by atoms with Crippen molar-refractivity contribution in [1.82, 2.24) is 14.9 Å². The van der Waals surface area contributed by atoms with Gasteiger partial charge in [0.1, 0.15) is 0 Å². The first-order valence-electron chi connectivity index (χ1n) is 8.52. The Morgan fingerprint density at radius 3 is 2.67 bits per heavy atom. The highest BCUT2D eigenvalue weighted by atomic mass is 16.2. The molecule has 6 heteroatoms. The summed E-state index contributed by atoms with van der Waals surface area (Å²) in [6, 6.07) is 5.81. The average molecular weight is 324 g/mol. The van der Waals surface area contributed by atoms with Gasteiger partial charge in [0.15, 0.2) is 0 Å². The second-order valence-electron chi connectivity index (χ2n) is 6.63. The third-order valence-electron chi connectivity index (χ3n) is 5.03. The normalized spacial score (nSPS) is 21.6. The Morgan fingerprint density at radius 2 is 1.88 bits per heavy atom. The second-order valence-corrected chi connectivity index (χ2v) is 6.63. The first-order chi connectivity index (χ1) is 11.7. The Balaban J connectivity index is 1.44. The van der Waals surface area contributed by atoms with Crippen LogP contribution in [-0.4, -0.2) is 39.3 Å². The summed E-state index contributed by atoms with van der Waals surface area (Å²) in [6.07, 6.45) is 8.10. The summed E-state index contributed by atoms with van der Waals surface area (Å²) >= 11 is 0. The summed E-state index contributed by atoms with van der Waals surface area (Å²) in [5.41, 5.74) is 2.23. The first-order valence-corrected chi connectivity index (χ1v) is 8.52. The molecule has 1 aliphatic heterocycles. The van der Waals surface area contributed by atoms with Crippen molar-refractivity contribution in [3.05, 3.63) is 30.6 Å². The number of anilines is 1. The molecular weight excluding hydrogens is 304 g/mol. The van der Waals surface area contributed by atoms with Crippen LogP contribution in [0.3, 0.4) is 0 Å². The maximum absolute atomic E-state index is 12.5. The molecule has 0 bridgehead atoms. The lowest BCUT2D eigenvalue weighted by Gasteiger charge is -2.23. The largest absolute Gasteiger partial charge is 0.339 e. The minimum atomic E-state index is -0.268. The zero-order valence-corrected chi connectivity index (χ0v) is 13.4. The van der Waals surface area contributed by atoms with Gasteiger partial charge < -0.3 is 10.2 Å². The minimum Gasteiger partial charge on any atom is -0.339 e. The molecule has 0 radical (unpaired) electrons. The van der Waals surface area contributed by atoms with Crippen LogP contribution in [0.2, 0.25) is 0 Å².